The number of rotatable bonds is 5. The third kappa shape index (κ3) is 4.16. The van der Waals surface area contributed by atoms with Crippen LogP contribution in [0, 0.1) is 27.7 Å². The molecule has 12 heteroatoms. The van der Waals surface area contributed by atoms with Crippen molar-refractivity contribution in [1.82, 2.24) is 9.97 Å². The summed E-state index contributed by atoms with van der Waals surface area (Å²) in [6.07, 6.45) is 1.14. The molecule has 1 aliphatic rings. The molecule has 4 aromatic rings. The lowest BCUT2D eigenvalue weighted by molar-refractivity contribution is 0.570. The van der Waals surface area contributed by atoms with Gasteiger partial charge in [-0.3, -0.25) is 14.3 Å². The summed E-state index contributed by atoms with van der Waals surface area (Å²) in [6, 6.07) is 12.9. The number of benzene rings is 3. The van der Waals surface area contributed by atoms with Gasteiger partial charge in [0.15, 0.2) is 5.03 Å². The van der Waals surface area contributed by atoms with Crippen molar-refractivity contribution in [1.29, 1.82) is 0 Å². The third-order valence-electron chi connectivity index (χ3n) is 7.33. The Morgan fingerprint density at radius 2 is 1.41 bits per heavy atom. The van der Waals surface area contributed by atoms with E-state index in [-0.39, 0.29) is 5.03 Å². The molecule has 0 spiro atoms. The van der Waals surface area contributed by atoms with Crippen molar-refractivity contribution in [2.45, 2.75) is 38.1 Å². The van der Waals surface area contributed by atoms with Gasteiger partial charge in [0.2, 0.25) is 0 Å². The lowest BCUT2D eigenvalue weighted by Crippen LogP contribution is -2.31. The first-order chi connectivity index (χ1) is 18.2. The fourth-order valence-corrected chi connectivity index (χ4v) is 6.20. The molecule has 10 nitrogen and oxygen atoms in total. The number of fused-ring (bicyclic) bond motifs is 3. The predicted octanol–water partition coefficient (Wildman–Crippen LogP) is 3.43. The summed E-state index contributed by atoms with van der Waals surface area (Å²) in [5.41, 5.74) is 20.1. The van der Waals surface area contributed by atoms with E-state index in [1.165, 1.54) is 0 Å². The number of hydrogen-bond donors (Lipinski definition) is 5. The van der Waals surface area contributed by atoms with E-state index >= 15 is 0 Å². The summed E-state index contributed by atoms with van der Waals surface area (Å²) in [7, 11) is -4.20. The molecule has 0 bridgehead atoms. The van der Waals surface area contributed by atoms with Crippen molar-refractivity contribution >= 4 is 38.4 Å². The third-order valence-corrected chi connectivity index (χ3v) is 8.52. The fourth-order valence-electron chi connectivity index (χ4n) is 5.45. The molecule has 202 valence electrons. The highest BCUT2D eigenvalue weighted by Crippen LogP contribution is 2.56. The second-order valence-corrected chi connectivity index (χ2v) is 12.1. The highest BCUT2D eigenvalue weighted by atomic mass is 32.2. The predicted molar refractivity (Wildman–Crippen MR) is 153 cm³/mol. The van der Waals surface area contributed by atoms with Crippen LogP contribution in [0.2, 0.25) is 0 Å². The van der Waals surface area contributed by atoms with Crippen molar-refractivity contribution in [3.63, 3.8) is 0 Å². The molecule has 1 atom stereocenters. The van der Waals surface area contributed by atoms with Crippen LogP contribution in [-0.2, 0) is 26.7 Å². The molecule has 8 N–H and O–H groups in total. The van der Waals surface area contributed by atoms with Crippen LogP contribution < -0.4 is 21.3 Å². The molecule has 1 unspecified atom stereocenters. The van der Waals surface area contributed by atoms with Gasteiger partial charge in [-0.15, -0.1) is 0 Å². The number of aromatic nitrogens is 2. The molecule has 1 aliphatic carbocycles. The van der Waals surface area contributed by atoms with Crippen LogP contribution in [-0.4, -0.2) is 27.1 Å². The number of primary sulfonamides is 1. The zero-order chi connectivity index (χ0) is 28.4. The molecule has 1 aromatic heterocycles. The van der Waals surface area contributed by atoms with E-state index in [1.807, 2.05) is 52.0 Å². The van der Waals surface area contributed by atoms with E-state index in [2.05, 4.69) is 14.7 Å². The highest BCUT2D eigenvalue weighted by Gasteiger charge is 2.49. The van der Waals surface area contributed by atoms with E-state index in [1.54, 1.807) is 18.2 Å². The van der Waals surface area contributed by atoms with Crippen molar-refractivity contribution in [3.8, 4) is 11.3 Å². The molecule has 0 fully saturated rings. The number of nitrogens with two attached hydrogens (primary N) is 3. The van der Waals surface area contributed by atoms with E-state index in [4.69, 9.17) is 16.6 Å². The molecule has 0 amide bonds. The Balaban J connectivity index is 2.03. The number of nitrogens with one attached hydrogen (secondary N) is 1. The molecular formula is C27H28N6O4S2. The van der Waals surface area contributed by atoms with Crippen LogP contribution in [0.1, 0.15) is 44.6 Å². The fraction of sp³-hybridized carbons (Fsp3) is 0.185. The van der Waals surface area contributed by atoms with Crippen LogP contribution in [0.4, 0.5) is 17.1 Å². The zero-order valence-electron chi connectivity index (χ0n) is 21.7. The monoisotopic (exact) mass is 564 g/mol. The quantitative estimate of drug-likeness (QED) is 0.159. The number of anilines is 3. The Labute approximate surface area is 229 Å². The maximum absolute atomic E-state index is 12.4. The topological polar surface area (TPSA) is 187 Å². The summed E-state index contributed by atoms with van der Waals surface area (Å²) in [6.45, 7) is 7.59. The Bertz CT molecular complexity index is 1720. The largest absolute Gasteiger partial charge is 0.398 e. The summed E-state index contributed by atoms with van der Waals surface area (Å²) >= 11 is -2.32. The standard InChI is InChI=1S/C27H28N6O4S2/c1-13-7-17(8-14(2)23(13)28)27(18-9-15(3)24(29)16(4)10-18)21-11-19(33-38(34)35)5-6-20(21)25-26(27)32-22(12-31-25)39(30,36)37/h5-12,33H,28-29H2,1-4H3,(H,34,35)(H2,30,36,37). The number of nitrogen functional groups attached to an aromatic ring is 2. The number of nitrogens with zero attached hydrogens (tertiary/aromatic N) is 2. The Hall–Kier alpha value is -3.84. The maximum atomic E-state index is 12.4. The summed E-state index contributed by atoms with van der Waals surface area (Å²) < 4.78 is 48.6. The lowest BCUT2D eigenvalue weighted by atomic mass is 9.68. The van der Waals surface area contributed by atoms with Gasteiger partial charge in [-0.25, -0.2) is 22.7 Å². The first-order valence-corrected chi connectivity index (χ1v) is 14.6. The SMILES string of the molecule is Cc1cc(C2(c3cc(C)c(N)c(C)c3)c3cc(NS(=O)O)ccc3-c3ncc(S(N)(=O)=O)nc32)cc(C)c1N. The molecule has 3 aromatic carbocycles. The first kappa shape index (κ1) is 26.8. The lowest BCUT2D eigenvalue weighted by Gasteiger charge is -2.34. The van der Waals surface area contributed by atoms with Gasteiger partial charge in [0.25, 0.3) is 21.3 Å². The van der Waals surface area contributed by atoms with Crippen LogP contribution in [0.5, 0.6) is 0 Å². The molecule has 5 rings (SSSR count). The van der Waals surface area contributed by atoms with Gasteiger partial charge in [0.1, 0.15) is 0 Å². The van der Waals surface area contributed by atoms with Gasteiger partial charge in [0.05, 0.1) is 23.0 Å². The molecule has 1 heterocycles. The van der Waals surface area contributed by atoms with Crippen molar-refractivity contribution in [2.75, 3.05) is 16.2 Å². The normalized spacial score (nSPS) is 14.5. The second kappa shape index (κ2) is 9.12. The molecule has 0 saturated carbocycles. The number of sulfonamides is 1. The van der Waals surface area contributed by atoms with Gasteiger partial charge in [-0.1, -0.05) is 30.3 Å². The van der Waals surface area contributed by atoms with Gasteiger partial charge < -0.3 is 11.5 Å². The maximum Gasteiger partial charge on any atom is 0.259 e. The van der Waals surface area contributed by atoms with Gasteiger partial charge in [-0.2, -0.15) is 0 Å². The van der Waals surface area contributed by atoms with E-state index < -0.39 is 26.7 Å². The van der Waals surface area contributed by atoms with Crippen LogP contribution in [0.15, 0.2) is 53.7 Å². The van der Waals surface area contributed by atoms with Crippen molar-refractivity contribution < 1.29 is 17.2 Å². The number of aryl methyl sites for hydroxylation is 4. The Kier molecular flexibility index (Phi) is 6.26. The average molecular weight is 565 g/mol. The first-order valence-electron chi connectivity index (χ1n) is 11.9. The minimum Gasteiger partial charge on any atom is -0.398 e. The summed E-state index contributed by atoms with van der Waals surface area (Å²) in [4.78, 5) is 9.16. The van der Waals surface area contributed by atoms with E-state index in [0.29, 0.717) is 39.6 Å². The molecule has 39 heavy (non-hydrogen) atoms. The summed E-state index contributed by atoms with van der Waals surface area (Å²) in [5.74, 6) is 0. The Morgan fingerprint density at radius 1 is 0.897 bits per heavy atom. The summed E-state index contributed by atoms with van der Waals surface area (Å²) in [5, 5.41) is 5.13. The van der Waals surface area contributed by atoms with Gasteiger partial charge >= 0.3 is 0 Å². The minimum atomic E-state index is -4.20. The second-order valence-electron chi connectivity index (χ2n) is 9.86. The van der Waals surface area contributed by atoms with E-state index in [9.17, 15) is 17.2 Å². The van der Waals surface area contributed by atoms with E-state index in [0.717, 1.165) is 39.6 Å². The molecule has 0 aliphatic heterocycles. The van der Waals surface area contributed by atoms with Gasteiger partial charge in [-0.05, 0) is 78.8 Å². The molecule has 0 radical (unpaired) electrons. The van der Waals surface area contributed by atoms with Crippen LogP contribution in [0.3, 0.4) is 0 Å². The van der Waals surface area contributed by atoms with Crippen LogP contribution >= 0.6 is 0 Å². The smallest absolute Gasteiger partial charge is 0.259 e. The molecule has 0 saturated heterocycles. The minimum absolute atomic E-state index is 0.360. The van der Waals surface area contributed by atoms with Crippen molar-refractivity contribution in [2.24, 2.45) is 5.14 Å². The highest BCUT2D eigenvalue weighted by molar-refractivity contribution is 7.89. The van der Waals surface area contributed by atoms with Crippen LogP contribution in [0.25, 0.3) is 11.3 Å². The average Bonchev–Trinajstić information content (AvgIpc) is 3.14. The number of hydrogen-bond acceptors (Lipinski definition) is 7. The van der Waals surface area contributed by atoms with Gasteiger partial charge in [0, 0.05) is 22.6 Å². The zero-order valence-corrected chi connectivity index (χ0v) is 23.4. The van der Waals surface area contributed by atoms with Crippen molar-refractivity contribution in [3.05, 3.63) is 93.3 Å². The Morgan fingerprint density at radius 3 is 1.87 bits per heavy atom. The molecular weight excluding hydrogens is 536 g/mol.